The lowest BCUT2D eigenvalue weighted by Crippen LogP contribution is -2.31. The van der Waals surface area contributed by atoms with Crippen molar-refractivity contribution in [3.8, 4) is 0 Å². The molecule has 2 N–H and O–H groups in total. The number of aliphatic carboxylic acids is 1. The van der Waals surface area contributed by atoms with E-state index in [0.29, 0.717) is 6.42 Å². The Morgan fingerprint density at radius 3 is 2.62 bits per heavy atom. The number of hydrogen-bond donors (Lipinski definition) is 2. The summed E-state index contributed by atoms with van der Waals surface area (Å²) in [6, 6.07) is 0. The Morgan fingerprint density at radius 1 is 1.21 bits per heavy atom. The summed E-state index contributed by atoms with van der Waals surface area (Å²) in [4.78, 5) is 23.2. The highest BCUT2D eigenvalue weighted by molar-refractivity contribution is 6.33. The van der Waals surface area contributed by atoms with Gasteiger partial charge in [0.25, 0.3) is 0 Å². The Kier molecular flexibility index (Phi) is 10.0. The number of carbonyl (C=O) groups excluding carboxylic acids is 1. The molecule has 0 aromatic heterocycles. The normalized spacial score (nSPS) is 21.8. The number of Topliss-reactive ketones (excluding diaryl/α,β-unsaturated/α-hetero) is 1. The van der Waals surface area contributed by atoms with E-state index in [2.05, 4.69) is 24.3 Å². The zero-order chi connectivity index (χ0) is 17.8. The van der Waals surface area contributed by atoms with Crippen molar-refractivity contribution in [1.29, 1.82) is 0 Å². The highest BCUT2D eigenvalue weighted by atomic mass is 16.4. The molecule has 0 aromatic carbocycles. The molecule has 0 spiro atoms. The van der Waals surface area contributed by atoms with Crippen molar-refractivity contribution in [2.75, 3.05) is 6.61 Å². The molecule has 0 radical (unpaired) electrons. The number of hydrogen-bond acceptors (Lipinski definition) is 3. The van der Waals surface area contributed by atoms with Gasteiger partial charge in [-0.25, -0.2) is 4.79 Å². The third-order valence-corrected chi connectivity index (χ3v) is 4.59. The van der Waals surface area contributed by atoms with Gasteiger partial charge in [-0.2, -0.15) is 0 Å². The van der Waals surface area contributed by atoms with Gasteiger partial charge in [0.05, 0.1) is 0 Å². The van der Waals surface area contributed by atoms with Crippen molar-refractivity contribution in [3.05, 3.63) is 36.5 Å². The lowest BCUT2D eigenvalue weighted by molar-refractivity contribution is -0.152. The van der Waals surface area contributed by atoms with Crippen molar-refractivity contribution in [2.24, 2.45) is 17.8 Å². The number of ketones is 1. The van der Waals surface area contributed by atoms with Crippen LogP contribution in [0.25, 0.3) is 0 Å². The Bertz CT molecular complexity index is 476. The molecule has 0 aromatic rings. The fraction of sp³-hybridized carbons (Fsp3) is 0.600. The lowest BCUT2D eigenvalue weighted by atomic mass is 9.78. The Balaban J connectivity index is 2.58. The van der Waals surface area contributed by atoms with E-state index in [1.165, 1.54) is 0 Å². The summed E-state index contributed by atoms with van der Waals surface area (Å²) in [5.41, 5.74) is 0. The summed E-state index contributed by atoms with van der Waals surface area (Å²) in [5.74, 6) is -2.29. The number of rotatable bonds is 12. The quantitative estimate of drug-likeness (QED) is 0.322. The second-order valence-electron chi connectivity index (χ2n) is 6.34. The molecule has 0 saturated carbocycles. The Labute approximate surface area is 145 Å². The zero-order valence-electron chi connectivity index (χ0n) is 14.6. The molecule has 0 bridgehead atoms. The molecule has 0 aliphatic heterocycles. The Hall–Kier alpha value is -1.68. The monoisotopic (exact) mass is 334 g/mol. The molecular weight excluding hydrogens is 304 g/mol. The van der Waals surface area contributed by atoms with Crippen LogP contribution in [0.4, 0.5) is 0 Å². The maximum absolute atomic E-state index is 12.1. The molecule has 4 heteroatoms. The van der Waals surface area contributed by atoms with Crippen LogP contribution in [0.1, 0.15) is 51.9 Å². The van der Waals surface area contributed by atoms with Crippen LogP contribution in [0.3, 0.4) is 0 Å². The summed E-state index contributed by atoms with van der Waals surface area (Å²) >= 11 is 0. The molecule has 134 valence electrons. The first-order valence-electron chi connectivity index (χ1n) is 8.94. The van der Waals surface area contributed by atoms with Crippen molar-refractivity contribution >= 4 is 11.8 Å². The molecule has 1 aliphatic carbocycles. The van der Waals surface area contributed by atoms with Gasteiger partial charge in [0, 0.05) is 12.5 Å². The first-order valence-corrected chi connectivity index (χ1v) is 8.94. The predicted octanol–water partition coefficient (Wildman–Crippen LogP) is 3.91. The molecule has 0 heterocycles. The number of carbonyl (C=O) groups is 2. The number of allylic oxidation sites excluding steroid dienone is 6. The minimum Gasteiger partial charge on any atom is -0.475 e. The molecule has 3 atom stereocenters. The highest BCUT2D eigenvalue weighted by Gasteiger charge is 2.35. The van der Waals surface area contributed by atoms with E-state index in [4.69, 9.17) is 10.2 Å². The molecule has 0 unspecified atom stereocenters. The molecule has 0 amide bonds. The van der Waals surface area contributed by atoms with Crippen LogP contribution in [-0.2, 0) is 9.59 Å². The largest absolute Gasteiger partial charge is 0.475 e. The SMILES string of the molecule is CC=CC[C@H](C(=O)C(=O)O)[C@@H]1CC=C[C@H]1C=CCCCCCCO. The van der Waals surface area contributed by atoms with Crippen LogP contribution >= 0.6 is 0 Å². The van der Waals surface area contributed by atoms with Crippen LogP contribution in [0.2, 0.25) is 0 Å². The molecule has 1 rings (SSSR count). The third kappa shape index (κ3) is 6.83. The van der Waals surface area contributed by atoms with E-state index in [1.54, 1.807) is 0 Å². The number of unbranched alkanes of at least 4 members (excludes halogenated alkanes) is 4. The van der Waals surface area contributed by atoms with E-state index in [9.17, 15) is 9.59 Å². The van der Waals surface area contributed by atoms with Crippen molar-refractivity contribution in [3.63, 3.8) is 0 Å². The van der Waals surface area contributed by atoms with Crippen LogP contribution in [0.15, 0.2) is 36.5 Å². The second-order valence-corrected chi connectivity index (χ2v) is 6.34. The summed E-state index contributed by atoms with van der Waals surface area (Å²) in [6.45, 7) is 2.14. The van der Waals surface area contributed by atoms with E-state index in [-0.39, 0.29) is 18.4 Å². The van der Waals surface area contributed by atoms with Crippen LogP contribution < -0.4 is 0 Å². The molecule has 24 heavy (non-hydrogen) atoms. The van der Waals surface area contributed by atoms with Gasteiger partial charge in [0.1, 0.15) is 0 Å². The number of carboxylic acids is 1. The molecule has 0 fully saturated rings. The second kappa shape index (κ2) is 11.8. The van der Waals surface area contributed by atoms with Crippen molar-refractivity contribution in [1.82, 2.24) is 0 Å². The number of carboxylic acid groups (broad SMARTS) is 1. The van der Waals surface area contributed by atoms with E-state index < -0.39 is 17.7 Å². The number of aliphatic hydroxyl groups is 1. The maximum atomic E-state index is 12.1. The average molecular weight is 334 g/mol. The first-order chi connectivity index (χ1) is 11.6. The van der Waals surface area contributed by atoms with Gasteiger partial charge in [-0.1, -0.05) is 49.3 Å². The fourth-order valence-corrected chi connectivity index (χ4v) is 3.23. The summed E-state index contributed by atoms with van der Waals surface area (Å²) in [6.07, 6.45) is 18.5. The van der Waals surface area contributed by atoms with Crippen LogP contribution in [0.5, 0.6) is 0 Å². The molecule has 1 aliphatic rings. The molecule has 4 nitrogen and oxygen atoms in total. The minimum atomic E-state index is -1.33. The van der Waals surface area contributed by atoms with Gasteiger partial charge >= 0.3 is 5.97 Å². The Morgan fingerprint density at radius 2 is 1.96 bits per heavy atom. The zero-order valence-corrected chi connectivity index (χ0v) is 14.6. The van der Waals surface area contributed by atoms with Gasteiger partial charge in [-0.05, 0) is 50.9 Å². The smallest absolute Gasteiger partial charge is 0.372 e. The summed E-state index contributed by atoms with van der Waals surface area (Å²) < 4.78 is 0. The standard InChI is InChI=1S/C20H30O4/c1-2-3-13-18(19(22)20(23)24)17-14-10-12-16(17)11-8-6-4-5-7-9-15-21/h2-3,8,10-12,16-18,21H,4-7,9,13-15H2,1H3,(H,23,24)/t16-,17-,18+/m1/s1. The molecular formula is C20H30O4. The minimum absolute atomic E-state index is 0.0374. The molecule has 0 saturated heterocycles. The van der Waals surface area contributed by atoms with Gasteiger partial charge in [0.2, 0.25) is 5.78 Å². The average Bonchev–Trinajstić information content (AvgIpc) is 3.02. The lowest BCUT2D eigenvalue weighted by Gasteiger charge is -2.24. The van der Waals surface area contributed by atoms with Crippen LogP contribution in [-0.4, -0.2) is 28.6 Å². The topological polar surface area (TPSA) is 74.6 Å². The van der Waals surface area contributed by atoms with Gasteiger partial charge in [-0.3, -0.25) is 4.79 Å². The summed E-state index contributed by atoms with van der Waals surface area (Å²) in [7, 11) is 0. The van der Waals surface area contributed by atoms with Crippen molar-refractivity contribution < 1.29 is 19.8 Å². The van der Waals surface area contributed by atoms with E-state index >= 15 is 0 Å². The predicted molar refractivity (Wildman–Crippen MR) is 95.6 cm³/mol. The van der Waals surface area contributed by atoms with E-state index in [0.717, 1.165) is 38.5 Å². The fourth-order valence-electron chi connectivity index (χ4n) is 3.23. The van der Waals surface area contributed by atoms with Gasteiger partial charge in [0.15, 0.2) is 0 Å². The van der Waals surface area contributed by atoms with Crippen molar-refractivity contribution in [2.45, 2.75) is 51.9 Å². The highest BCUT2D eigenvalue weighted by Crippen LogP contribution is 2.35. The maximum Gasteiger partial charge on any atom is 0.372 e. The third-order valence-electron chi connectivity index (χ3n) is 4.59. The van der Waals surface area contributed by atoms with E-state index in [1.807, 2.05) is 19.1 Å². The van der Waals surface area contributed by atoms with Gasteiger partial charge < -0.3 is 10.2 Å². The van der Waals surface area contributed by atoms with Gasteiger partial charge in [-0.15, -0.1) is 0 Å². The number of aliphatic hydroxyl groups excluding tert-OH is 1. The van der Waals surface area contributed by atoms with Crippen LogP contribution in [0, 0.1) is 17.8 Å². The first kappa shape index (κ1) is 20.4. The summed E-state index contributed by atoms with van der Waals surface area (Å²) in [5, 5.41) is 17.8.